The van der Waals surface area contributed by atoms with Crippen LogP contribution in [0.3, 0.4) is 0 Å². The molecular weight excluding hydrogens is 340 g/mol. The van der Waals surface area contributed by atoms with E-state index in [0.29, 0.717) is 12.8 Å². The van der Waals surface area contributed by atoms with Gasteiger partial charge < -0.3 is 19.7 Å². The zero-order chi connectivity index (χ0) is 19.3. The average Bonchev–Trinajstić information content (AvgIpc) is 2.67. The molecule has 3 rings (SSSR count). The smallest absolute Gasteiger partial charge is 0.224 e. The van der Waals surface area contributed by atoms with Gasteiger partial charge in [0.1, 0.15) is 5.75 Å². The maximum absolute atomic E-state index is 12.2. The van der Waals surface area contributed by atoms with Gasteiger partial charge in [0.15, 0.2) is 0 Å². The molecule has 0 radical (unpaired) electrons. The number of ether oxygens (including phenoxy) is 2. The van der Waals surface area contributed by atoms with Crippen molar-refractivity contribution in [1.29, 1.82) is 0 Å². The molecule has 1 heterocycles. The lowest BCUT2D eigenvalue weighted by Gasteiger charge is -2.43. The van der Waals surface area contributed by atoms with Crippen LogP contribution in [0.25, 0.3) is 0 Å². The van der Waals surface area contributed by atoms with Crippen LogP contribution in [0.1, 0.15) is 25.8 Å². The Balaban J connectivity index is 1.53. The number of hydrogen-bond acceptors (Lipinski definition) is 4. The third-order valence-electron chi connectivity index (χ3n) is 4.91. The standard InChI is InChI=1S/C22H28N2O3/c1-22(2)16-27-15-14-24(22)19-9-7-18(8-10-19)23-21(25)13-6-17-4-11-20(26-3)12-5-17/h4-5,7-12H,6,13-16H2,1-3H3,(H,23,25). The molecule has 1 saturated heterocycles. The number of benzene rings is 2. The number of carbonyl (C=O) groups excluding carboxylic acids is 1. The molecular formula is C22H28N2O3. The Labute approximate surface area is 161 Å². The highest BCUT2D eigenvalue weighted by atomic mass is 16.5. The van der Waals surface area contributed by atoms with E-state index in [1.165, 1.54) is 0 Å². The van der Waals surface area contributed by atoms with Gasteiger partial charge in [0.2, 0.25) is 5.91 Å². The number of rotatable bonds is 6. The molecule has 1 amide bonds. The van der Waals surface area contributed by atoms with Crippen molar-refractivity contribution < 1.29 is 14.3 Å². The van der Waals surface area contributed by atoms with Crippen LogP contribution in [-0.4, -0.2) is 38.3 Å². The van der Waals surface area contributed by atoms with Crippen LogP contribution in [0, 0.1) is 0 Å². The minimum absolute atomic E-state index is 0.0188. The lowest BCUT2D eigenvalue weighted by molar-refractivity contribution is -0.116. The zero-order valence-corrected chi connectivity index (χ0v) is 16.3. The van der Waals surface area contributed by atoms with Gasteiger partial charge in [-0.25, -0.2) is 0 Å². The summed E-state index contributed by atoms with van der Waals surface area (Å²) in [6, 6.07) is 15.9. The summed E-state index contributed by atoms with van der Waals surface area (Å²) in [5.41, 5.74) is 3.07. The van der Waals surface area contributed by atoms with Crippen molar-refractivity contribution in [3.05, 3.63) is 54.1 Å². The van der Waals surface area contributed by atoms with Crippen LogP contribution in [0.5, 0.6) is 5.75 Å². The molecule has 1 aliphatic rings. The Morgan fingerprint density at radius 1 is 1.15 bits per heavy atom. The Bertz CT molecular complexity index is 754. The van der Waals surface area contributed by atoms with Crippen LogP contribution in [0.2, 0.25) is 0 Å². The van der Waals surface area contributed by atoms with Crippen molar-refractivity contribution in [2.24, 2.45) is 0 Å². The van der Waals surface area contributed by atoms with Gasteiger partial charge in [0.25, 0.3) is 0 Å². The van der Waals surface area contributed by atoms with E-state index in [1.54, 1.807) is 7.11 Å². The first-order chi connectivity index (χ1) is 13.0. The molecule has 2 aromatic carbocycles. The van der Waals surface area contributed by atoms with Gasteiger partial charge in [0, 0.05) is 24.3 Å². The molecule has 0 aromatic heterocycles. The van der Waals surface area contributed by atoms with Crippen molar-refractivity contribution in [3.63, 3.8) is 0 Å². The van der Waals surface area contributed by atoms with Crippen molar-refractivity contribution in [3.8, 4) is 5.75 Å². The minimum atomic E-state index is -0.0264. The highest BCUT2D eigenvalue weighted by molar-refractivity contribution is 5.91. The number of morpholine rings is 1. The second-order valence-corrected chi connectivity index (χ2v) is 7.46. The number of nitrogens with one attached hydrogen (secondary N) is 1. The maximum atomic E-state index is 12.2. The van der Waals surface area contributed by atoms with Gasteiger partial charge in [0.05, 0.1) is 25.9 Å². The molecule has 27 heavy (non-hydrogen) atoms. The van der Waals surface area contributed by atoms with Crippen LogP contribution >= 0.6 is 0 Å². The number of anilines is 2. The molecule has 1 aliphatic heterocycles. The van der Waals surface area contributed by atoms with E-state index in [9.17, 15) is 4.79 Å². The lowest BCUT2D eigenvalue weighted by atomic mass is 10.0. The van der Waals surface area contributed by atoms with E-state index in [1.807, 2.05) is 36.4 Å². The first kappa shape index (κ1) is 19.2. The van der Waals surface area contributed by atoms with Crippen molar-refractivity contribution >= 4 is 17.3 Å². The van der Waals surface area contributed by atoms with E-state index in [2.05, 4.69) is 36.2 Å². The fraction of sp³-hybridized carbons (Fsp3) is 0.409. The van der Waals surface area contributed by atoms with Crippen LogP contribution < -0.4 is 15.0 Å². The third-order valence-corrected chi connectivity index (χ3v) is 4.91. The van der Waals surface area contributed by atoms with Gasteiger partial charge in [-0.15, -0.1) is 0 Å². The molecule has 0 aliphatic carbocycles. The monoisotopic (exact) mass is 368 g/mol. The van der Waals surface area contributed by atoms with E-state index in [4.69, 9.17) is 9.47 Å². The number of amides is 1. The van der Waals surface area contributed by atoms with E-state index in [0.717, 1.165) is 42.4 Å². The molecule has 1 fully saturated rings. The fourth-order valence-electron chi connectivity index (χ4n) is 3.34. The summed E-state index contributed by atoms with van der Waals surface area (Å²) in [7, 11) is 1.65. The number of nitrogens with zero attached hydrogens (tertiary/aromatic N) is 1. The van der Waals surface area contributed by atoms with Crippen molar-refractivity contribution in [2.45, 2.75) is 32.2 Å². The van der Waals surface area contributed by atoms with Crippen LogP contribution in [0.4, 0.5) is 11.4 Å². The summed E-state index contributed by atoms with van der Waals surface area (Å²) in [5.74, 6) is 0.844. The molecule has 0 atom stereocenters. The summed E-state index contributed by atoms with van der Waals surface area (Å²) < 4.78 is 10.7. The van der Waals surface area contributed by atoms with Gasteiger partial charge in [-0.3, -0.25) is 4.79 Å². The van der Waals surface area contributed by atoms with Gasteiger partial charge in [-0.2, -0.15) is 0 Å². The molecule has 0 saturated carbocycles. The summed E-state index contributed by atoms with van der Waals surface area (Å²) in [6.45, 7) is 6.70. The summed E-state index contributed by atoms with van der Waals surface area (Å²) in [6.07, 6.45) is 1.15. The van der Waals surface area contributed by atoms with Gasteiger partial charge in [-0.1, -0.05) is 12.1 Å². The van der Waals surface area contributed by atoms with Crippen molar-refractivity contribution in [1.82, 2.24) is 0 Å². The summed E-state index contributed by atoms with van der Waals surface area (Å²) in [5, 5.41) is 2.98. The Hall–Kier alpha value is -2.53. The van der Waals surface area contributed by atoms with E-state index < -0.39 is 0 Å². The van der Waals surface area contributed by atoms with Gasteiger partial charge in [-0.05, 0) is 62.2 Å². The summed E-state index contributed by atoms with van der Waals surface area (Å²) in [4.78, 5) is 14.6. The molecule has 1 N–H and O–H groups in total. The minimum Gasteiger partial charge on any atom is -0.497 e. The number of carbonyl (C=O) groups is 1. The maximum Gasteiger partial charge on any atom is 0.224 e. The summed E-state index contributed by atoms with van der Waals surface area (Å²) >= 11 is 0. The number of hydrogen-bond donors (Lipinski definition) is 1. The van der Waals surface area contributed by atoms with Gasteiger partial charge >= 0.3 is 0 Å². The fourth-order valence-corrected chi connectivity index (χ4v) is 3.34. The lowest BCUT2D eigenvalue weighted by Crippen LogP contribution is -2.53. The molecule has 0 unspecified atom stereocenters. The molecule has 0 spiro atoms. The predicted octanol–water partition coefficient (Wildman–Crippen LogP) is 3.88. The second-order valence-electron chi connectivity index (χ2n) is 7.46. The topological polar surface area (TPSA) is 50.8 Å². The van der Waals surface area contributed by atoms with E-state index >= 15 is 0 Å². The largest absolute Gasteiger partial charge is 0.497 e. The SMILES string of the molecule is COc1ccc(CCC(=O)Nc2ccc(N3CCOCC3(C)C)cc2)cc1. The first-order valence-corrected chi connectivity index (χ1v) is 9.36. The molecule has 0 bridgehead atoms. The molecule has 5 heteroatoms. The highest BCUT2D eigenvalue weighted by Gasteiger charge is 2.30. The number of methoxy groups -OCH3 is 1. The Kier molecular flexibility index (Phi) is 6.01. The van der Waals surface area contributed by atoms with E-state index in [-0.39, 0.29) is 11.4 Å². The average molecular weight is 368 g/mol. The molecule has 2 aromatic rings. The van der Waals surface area contributed by atoms with Crippen LogP contribution in [0.15, 0.2) is 48.5 Å². The number of aryl methyl sites for hydroxylation is 1. The first-order valence-electron chi connectivity index (χ1n) is 9.36. The third kappa shape index (κ3) is 5.01. The quantitative estimate of drug-likeness (QED) is 0.841. The highest BCUT2D eigenvalue weighted by Crippen LogP contribution is 2.28. The van der Waals surface area contributed by atoms with Crippen LogP contribution in [-0.2, 0) is 16.0 Å². The molecule has 5 nitrogen and oxygen atoms in total. The Morgan fingerprint density at radius 3 is 2.48 bits per heavy atom. The Morgan fingerprint density at radius 2 is 1.85 bits per heavy atom. The second kappa shape index (κ2) is 8.44. The normalized spacial score (nSPS) is 16.0. The zero-order valence-electron chi connectivity index (χ0n) is 16.3. The predicted molar refractivity (Wildman–Crippen MR) is 109 cm³/mol. The molecule has 144 valence electrons. The van der Waals surface area contributed by atoms with Crippen molar-refractivity contribution in [2.75, 3.05) is 37.1 Å².